The van der Waals surface area contributed by atoms with Crippen LogP contribution in [-0.2, 0) is 4.79 Å². The van der Waals surface area contributed by atoms with Crippen molar-refractivity contribution in [3.05, 3.63) is 0 Å². The molecule has 0 spiro atoms. The summed E-state index contributed by atoms with van der Waals surface area (Å²) < 4.78 is 2.19. The molecular weight excluding hydrogens is 205 g/mol. The highest BCUT2D eigenvalue weighted by Crippen LogP contribution is 2.65. The lowest BCUT2D eigenvalue weighted by Gasteiger charge is -2.25. The van der Waals surface area contributed by atoms with Gasteiger partial charge in [-0.2, -0.15) is 0 Å². The van der Waals surface area contributed by atoms with Crippen LogP contribution in [0.15, 0.2) is 0 Å². The number of ketones is 1. The predicted molar refractivity (Wildman–Crippen MR) is 65.5 cm³/mol. The van der Waals surface area contributed by atoms with Crippen LogP contribution < -0.4 is 0 Å². The number of hydrogen-bond donors (Lipinski definition) is 0. The van der Waals surface area contributed by atoms with Crippen LogP contribution in [0.4, 0.5) is 0 Å². The minimum atomic E-state index is 0.196. The summed E-state index contributed by atoms with van der Waals surface area (Å²) in [6.07, 6.45) is 2.93. The lowest BCUT2D eigenvalue weighted by Crippen LogP contribution is -2.35. The van der Waals surface area contributed by atoms with Gasteiger partial charge < -0.3 is 0 Å². The van der Waals surface area contributed by atoms with Crippen molar-refractivity contribution in [1.29, 1.82) is 0 Å². The minimum absolute atomic E-state index is 0.196. The molecule has 2 rings (SSSR count). The highest BCUT2D eigenvalue weighted by molar-refractivity contribution is 7.13. The third kappa shape index (κ3) is 1.76. The molecular formula is C12H22NOP. The van der Waals surface area contributed by atoms with E-state index >= 15 is 0 Å². The molecule has 4 atom stereocenters. The molecule has 3 heteroatoms. The summed E-state index contributed by atoms with van der Waals surface area (Å²) in [6, 6.07) is 0.196. The van der Waals surface area contributed by atoms with Gasteiger partial charge in [0.15, 0.2) is 5.78 Å². The van der Waals surface area contributed by atoms with Crippen LogP contribution in [0.1, 0.15) is 40.0 Å². The van der Waals surface area contributed by atoms with Crippen LogP contribution in [-0.4, -0.2) is 23.0 Å². The van der Waals surface area contributed by atoms with Crippen molar-refractivity contribution in [2.24, 2.45) is 17.3 Å². The van der Waals surface area contributed by atoms with Gasteiger partial charge in [0.25, 0.3) is 0 Å². The zero-order chi connectivity index (χ0) is 11.2. The maximum atomic E-state index is 12.1. The van der Waals surface area contributed by atoms with E-state index < -0.39 is 0 Å². The Morgan fingerprint density at radius 2 is 2.20 bits per heavy atom. The lowest BCUT2D eigenvalue weighted by atomic mass is 9.97. The maximum Gasteiger partial charge on any atom is 0.150 e. The van der Waals surface area contributed by atoms with Crippen LogP contribution in [0.25, 0.3) is 0 Å². The average molecular weight is 227 g/mol. The van der Waals surface area contributed by atoms with Gasteiger partial charge >= 0.3 is 0 Å². The Kier molecular flexibility index (Phi) is 2.94. The molecule has 0 N–H and O–H groups in total. The molecule has 1 saturated carbocycles. The first-order valence-electron chi connectivity index (χ1n) is 6.04. The summed E-state index contributed by atoms with van der Waals surface area (Å²) in [6.45, 7) is 7.84. The number of piperidine rings is 1. The van der Waals surface area contributed by atoms with E-state index in [2.05, 4.69) is 34.8 Å². The van der Waals surface area contributed by atoms with Crippen molar-refractivity contribution >= 4 is 15.2 Å². The summed E-state index contributed by atoms with van der Waals surface area (Å²) in [5.41, 5.74) is 0.416. The molecule has 4 unspecified atom stereocenters. The molecule has 1 aliphatic heterocycles. The molecule has 1 aliphatic carbocycles. The summed E-state index contributed by atoms with van der Waals surface area (Å²) >= 11 is 0. The molecule has 0 aromatic heterocycles. The average Bonchev–Trinajstić information content (AvgIpc) is 2.59. The van der Waals surface area contributed by atoms with Crippen molar-refractivity contribution in [3.8, 4) is 0 Å². The Hall–Kier alpha value is 0.0600. The minimum Gasteiger partial charge on any atom is -0.298 e. The fraction of sp³-hybridized carbons (Fsp3) is 0.917. The third-order valence-electron chi connectivity index (χ3n) is 4.35. The fourth-order valence-corrected chi connectivity index (χ4v) is 3.77. The second kappa shape index (κ2) is 3.82. The largest absolute Gasteiger partial charge is 0.298 e. The third-order valence-corrected chi connectivity index (χ3v) is 4.88. The topological polar surface area (TPSA) is 20.3 Å². The molecule has 2 aliphatic rings. The van der Waals surface area contributed by atoms with Crippen molar-refractivity contribution < 1.29 is 4.79 Å². The van der Waals surface area contributed by atoms with Crippen LogP contribution in [0.2, 0.25) is 0 Å². The van der Waals surface area contributed by atoms with E-state index in [1.54, 1.807) is 0 Å². The first-order chi connectivity index (χ1) is 7.00. The zero-order valence-electron chi connectivity index (χ0n) is 9.99. The highest BCUT2D eigenvalue weighted by atomic mass is 31.0. The van der Waals surface area contributed by atoms with Gasteiger partial charge in [0.2, 0.25) is 0 Å². The van der Waals surface area contributed by atoms with Gasteiger partial charge in [0, 0.05) is 13.0 Å². The van der Waals surface area contributed by atoms with E-state index in [1.165, 1.54) is 0 Å². The number of rotatable bonds is 4. The predicted octanol–water partition coefficient (Wildman–Crippen LogP) is 2.49. The van der Waals surface area contributed by atoms with Gasteiger partial charge in [-0.1, -0.05) is 36.6 Å². The van der Waals surface area contributed by atoms with E-state index in [0.717, 1.165) is 31.7 Å². The smallest absolute Gasteiger partial charge is 0.150 e. The van der Waals surface area contributed by atoms with E-state index in [4.69, 9.17) is 0 Å². The second-order valence-electron chi connectivity index (χ2n) is 5.67. The Balaban J connectivity index is 1.99. The molecule has 2 nitrogen and oxygen atoms in total. The molecule has 0 bridgehead atoms. The Labute approximate surface area is 95.0 Å². The summed E-state index contributed by atoms with van der Waals surface area (Å²) in [4.78, 5) is 12.1. The lowest BCUT2D eigenvalue weighted by molar-refractivity contribution is -0.123. The van der Waals surface area contributed by atoms with Crippen molar-refractivity contribution in [1.82, 2.24) is 4.67 Å². The molecule has 15 heavy (non-hydrogen) atoms. The van der Waals surface area contributed by atoms with Crippen LogP contribution in [0.5, 0.6) is 0 Å². The first-order valence-corrected chi connectivity index (χ1v) is 6.55. The number of nitrogens with zero attached hydrogens (tertiary/aromatic N) is 1. The SMILES string of the molecule is CCCCC(=O)C1C2C(CN1P)C2(C)C. The van der Waals surface area contributed by atoms with Crippen LogP contribution in [0.3, 0.4) is 0 Å². The number of carbonyl (C=O) groups is 1. The van der Waals surface area contributed by atoms with Crippen LogP contribution in [0, 0.1) is 17.3 Å². The summed E-state index contributed by atoms with van der Waals surface area (Å²) in [7, 11) is 2.74. The maximum absolute atomic E-state index is 12.1. The Bertz CT molecular complexity index is 277. The number of hydrogen-bond acceptors (Lipinski definition) is 2. The van der Waals surface area contributed by atoms with Gasteiger partial charge in [-0.25, -0.2) is 0 Å². The molecule has 2 fully saturated rings. The number of fused-ring (bicyclic) bond motifs is 1. The fourth-order valence-electron chi connectivity index (χ4n) is 3.19. The molecule has 86 valence electrons. The number of unbranched alkanes of at least 4 members (excludes halogenated alkanes) is 1. The van der Waals surface area contributed by atoms with Gasteiger partial charge in [-0.05, 0) is 23.7 Å². The normalized spacial score (nSPS) is 37.7. The van der Waals surface area contributed by atoms with Gasteiger partial charge in [0.1, 0.15) is 0 Å². The standard InChI is InChI=1S/C12H22NOP/c1-4-5-6-9(14)11-10-8(7-13(11)15)12(10,2)3/h8,10-11H,4-7,15H2,1-3H3. The van der Waals surface area contributed by atoms with E-state index in [9.17, 15) is 4.79 Å². The van der Waals surface area contributed by atoms with Crippen molar-refractivity contribution in [2.45, 2.75) is 46.1 Å². The molecule has 0 aromatic rings. The summed E-state index contributed by atoms with van der Waals surface area (Å²) in [5.74, 6) is 1.84. The van der Waals surface area contributed by atoms with E-state index in [0.29, 0.717) is 17.1 Å². The molecule has 1 saturated heterocycles. The first kappa shape index (κ1) is 11.5. The monoisotopic (exact) mass is 227 g/mol. The molecule has 1 heterocycles. The van der Waals surface area contributed by atoms with Gasteiger partial charge in [-0.15, -0.1) is 0 Å². The Morgan fingerprint density at radius 3 is 2.73 bits per heavy atom. The van der Waals surface area contributed by atoms with E-state index in [-0.39, 0.29) is 6.04 Å². The van der Waals surface area contributed by atoms with Gasteiger partial charge in [0.05, 0.1) is 6.04 Å². The van der Waals surface area contributed by atoms with Crippen molar-refractivity contribution in [2.75, 3.05) is 6.54 Å². The molecule has 0 aromatic carbocycles. The Morgan fingerprint density at radius 1 is 1.53 bits per heavy atom. The second-order valence-corrected chi connectivity index (χ2v) is 6.33. The van der Waals surface area contributed by atoms with E-state index in [1.807, 2.05) is 0 Å². The number of Topliss-reactive ketones (excluding diaryl/α,β-unsaturated/α-hetero) is 1. The summed E-state index contributed by atoms with van der Waals surface area (Å²) in [5, 5.41) is 0. The van der Waals surface area contributed by atoms with Crippen molar-refractivity contribution in [3.63, 3.8) is 0 Å². The van der Waals surface area contributed by atoms with Crippen LogP contribution >= 0.6 is 9.39 Å². The molecule has 0 amide bonds. The van der Waals surface area contributed by atoms with Gasteiger partial charge in [-0.3, -0.25) is 9.46 Å². The highest BCUT2D eigenvalue weighted by Gasteiger charge is 2.67. The number of carbonyl (C=O) groups excluding carboxylic acids is 1. The quantitative estimate of drug-likeness (QED) is 0.688. The zero-order valence-corrected chi connectivity index (χ0v) is 11.1. The molecule has 0 radical (unpaired) electrons.